The lowest BCUT2D eigenvalue weighted by atomic mass is 10.0. The lowest BCUT2D eigenvalue weighted by Gasteiger charge is -2.25. The molecule has 7 atom stereocenters. The standard InChI is InChI=1S/C41H56N8O15S2/c1-20(2)13-27(37(59)49-31(19-66)40(62)47-29(41(63)64)15-22-5-9-24(51)10-6-22)44-32(52)17-43-36(58)26(11-12-33(53)54)45-38(60)28(16-34(55)56)46-39(61)30(18-65)48-35(57)25(42)14-21-3-7-23(50)8-4-21/h3-10,20,25-31,50-51,65-66H,11-19,42H2,1-2H3,(H,43,58)(H,44,52)(H,45,60)(H,46,61)(H,47,62)(H,48,57)(H,49,59)(H,53,54)(H,55,56)(H,63,64)/t25-,26-,27-,28-,29-,30-,31-/m0/s1. The second-order valence-electron chi connectivity index (χ2n) is 15.4. The van der Waals surface area contributed by atoms with E-state index in [-0.39, 0.29) is 48.2 Å². The molecule has 362 valence electrons. The molecule has 0 bridgehead atoms. The smallest absolute Gasteiger partial charge is 0.326 e. The number of thiol groups is 2. The minimum atomic E-state index is -1.88. The predicted octanol–water partition coefficient (Wildman–Crippen LogP) is -2.43. The normalized spacial score (nSPS) is 14.1. The average molecular weight is 965 g/mol. The van der Waals surface area contributed by atoms with Gasteiger partial charge in [0.1, 0.15) is 47.8 Å². The van der Waals surface area contributed by atoms with E-state index in [0.29, 0.717) is 11.1 Å². The molecule has 66 heavy (non-hydrogen) atoms. The molecule has 0 heterocycles. The van der Waals surface area contributed by atoms with Crippen LogP contribution in [0.4, 0.5) is 0 Å². The Morgan fingerprint density at radius 2 is 0.985 bits per heavy atom. The summed E-state index contributed by atoms with van der Waals surface area (Å²) in [5.74, 6) is -12.2. The van der Waals surface area contributed by atoms with Crippen molar-refractivity contribution in [2.75, 3.05) is 18.1 Å². The van der Waals surface area contributed by atoms with Crippen molar-refractivity contribution in [3.05, 3.63) is 59.7 Å². The molecule has 0 aliphatic rings. The van der Waals surface area contributed by atoms with Gasteiger partial charge in [0, 0.05) is 24.3 Å². The van der Waals surface area contributed by atoms with Gasteiger partial charge >= 0.3 is 17.9 Å². The van der Waals surface area contributed by atoms with Gasteiger partial charge in [0.05, 0.1) is 19.0 Å². The van der Waals surface area contributed by atoms with Gasteiger partial charge in [-0.1, -0.05) is 38.1 Å². The second kappa shape index (κ2) is 27.7. The van der Waals surface area contributed by atoms with Gasteiger partial charge in [0.2, 0.25) is 41.4 Å². The van der Waals surface area contributed by atoms with Crippen molar-refractivity contribution in [2.24, 2.45) is 11.7 Å². The number of carboxylic acids is 3. The number of rotatable bonds is 28. The third-order valence-electron chi connectivity index (χ3n) is 9.42. The fourth-order valence-electron chi connectivity index (χ4n) is 5.96. The van der Waals surface area contributed by atoms with E-state index in [0.717, 1.165) is 0 Å². The van der Waals surface area contributed by atoms with Crippen LogP contribution in [0.3, 0.4) is 0 Å². The van der Waals surface area contributed by atoms with Gasteiger partial charge in [-0.05, 0) is 60.6 Å². The molecule has 2 aromatic carbocycles. The number of benzene rings is 2. The monoisotopic (exact) mass is 964 g/mol. The number of carbonyl (C=O) groups excluding carboxylic acids is 7. The summed E-state index contributed by atoms with van der Waals surface area (Å²) in [5.41, 5.74) is 7.05. The van der Waals surface area contributed by atoms with Gasteiger partial charge in [-0.15, -0.1) is 0 Å². The van der Waals surface area contributed by atoms with Crippen molar-refractivity contribution in [2.45, 2.75) is 94.7 Å². The van der Waals surface area contributed by atoms with Crippen LogP contribution >= 0.6 is 25.3 Å². The Kier molecular flexibility index (Phi) is 23.3. The van der Waals surface area contributed by atoms with E-state index < -0.39 is 127 Å². The molecule has 7 amide bonds. The maximum Gasteiger partial charge on any atom is 0.326 e. The Morgan fingerprint density at radius 3 is 1.45 bits per heavy atom. The number of phenols is 2. The highest BCUT2D eigenvalue weighted by atomic mass is 32.1. The van der Waals surface area contributed by atoms with Gasteiger partial charge in [0.15, 0.2) is 0 Å². The third kappa shape index (κ3) is 20.1. The number of phenolic OH excluding ortho intramolecular Hbond substituents is 2. The number of aromatic hydroxyl groups is 2. The van der Waals surface area contributed by atoms with Gasteiger partial charge < -0.3 is 68.5 Å². The van der Waals surface area contributed by atoms with Crippen LogP contribution in [0, 0.1) is 5.92 Å². The molecule has 0 radical (unpaired) electrons. The van der Waals surface area contributed by atoms with E-state index >= 15 is 0 Å². The number of hydrogen-bond donors (Lipinski definition) is 15. The average Bonchev–Trinajstić information content (AvgIpc) is 3.25. The van der Waals surface area contributed by atoms with E-state index in [4.69, 9.17) is 5.73 Å². The first-order valence-corrected chi connectivity index (χ1v) is 21.6. The van der Waals surface area contributed by atoms with Crippen LogP contribution in [0.25, 0.3) is 0 Å². The second-order valence-corrected chi connectivity index (χ2v) is 16.1. The van der Waals surface area contributed by atoms with Crippen molar-refractivity contribution in [1.82, 2.24) is 37.2 Å². The van der Waals surface area contributed by atoms with Crippen molar-refractivity contribution < 1.29 is 73.5 Å². The quantitative estimate of drug-likeness (QED) is 0.0394. The zero-order valence-electron chi connectivity index (χ0n) is 35.9. The number of nitrogens with two attached hydrogens (primary N) is 1. The molecule has 0 aromatic heterocycles. The van der Waals surface area contributed by atoms with Crippen LogP contribution in [0.2, 0.25) is 0 Å². The Bertz CT molecular complexity index is 2040. The highest BCUT2D eigenvalue weighted by Gasteiger charge is 2.33. The lowest BCUT2D eigenvalue weighted by molar-refractivity contribution is -0.142. The van der Waals surface area contributed by atoms with Gasteiger partial charge in [-0.25, -0.2) is 4.79 Å². The summed E-state index contributed by atoms with van der Waals surface area (Å²) in [6.45, 7) is 2.61. The first kappa shape index (κ1) is 55.5. The number of carboxylic acid groups (broad SMARTS) is 3. The van der Waals surface area contributed by atoms with Crippen LogP contribution < -0.4 is 43.0 Å². The van der Waals surface area contributed by atoms with E-state index in [1.54, 1.807) is 13.8 Å². The molecule has 2 aromatic rings. The molecular weight excluding hydrogens is 909 g/mol. The van der Waals surface area contributed by atoms with E-state index in [2.05, 4.69) is 62.5 Å². The molecule has 0 saturated carbocycles. The highest BCUT2D eigenvalue weighted by molar-refractivity contribution is 7.80. The molecule has 25 heteroatoms. The summed E-state index contributed by atoms with van der Waals surface area (Å²) in [6, 6.07) is 1.15. The molecular formula is C41H56N8O15S2. The Labute approximate surface area is 389 Å². The predicted molar refractivity (Wildman–Crippen MR) is 240 cm³/mol. The summed E-state index contributed by atoms with van der Waals surface area (Å²) in [7, 11) is 0. The molecule has 0 saturated heterocycles. The Morgan fingerprint density at radius 1 is 0.545 bits per heavy atom. The molecule has 0 aliphatic carbocycles. The minimum absolute atomic E-state index is 0.00639. The molecule has 2 rings (SSSR count). The van der Waals surface area contributed by atoms with Gasteiger partial charge in [0.25, 0.3) is 0 Å². The molecule has 0 aliphatic heterocycles. The lowest BCUT2D eigenvalue weighted by Crippen LogP contribution is -2.59. The van der Waals surface area contributed by atoms with Crippen LogP contribution in [-0.2, 0) is 60.8 Å². The van der Waals surface area contributed by atoms with Crippen LogP contribution in [-0.4, -0.2) is 145 Å². The summed E-state index contributed by atoms with van der Waals surface area (Å²) < 4.78 is 0. The first-order valence-electron chi connectivity index (χ1n) is 20.3. The Hall–Kier alpha value is -6.60. The third-order valence-corrected chi connectivity index (χ3v) is 10.2. The summed E-state index contributed by atoms with van der Waals surface area (Å²) >= 11 is 8.18. The number of nitrogens with one attached hydrogen (secondary N) is 7. The summed E-state index contributed by atoms with van der Waals surface area (Å²) in [4.78, 5) is 127. The maximum atomic E-state index is 13.4. The summed E-state index contributed by atoms with van der Waals surface area (Å²) in [6.07, 6.45) is -2.43. The highest BCUT2D eigenvalue weighted by Crippen LogP contribution is 2.13. The van der Waals surface area contributed by atoms with Gasteiger partial charge in [-0.3, -0.25) is 43.2 Å². The summed E-state index contributed by atoms with van der Waals surface area (Å²) in [5, 5.41) is 63.7. The number of aliphatic carboxylic acids is 3. The zero-order valence-corrected chi connectivity index (χ0v) is 37.7. The van der Waals surface area contributed by atoms with E-state index in [1.165, 1.54) is 48.5 Å². The number of amides is 7. The SMILES string of the molecule is CC(C)C[C@H](NC(=O)CNC(=O)[C@H](CCC(=O)O)NC(=O)[C@H](CC(=O)O)NC(=O)[C@H](CS)NC(=O)[C@@H](N)Cc1ccc(O)cc1)C(=O)N[C@@H](CS)C(=O)N[C@@H](Cc1ccc(O)cc1)C(=O)O. The van der Waals surface area contributed by atoms with Crippen molar-refractivity contribution in [3.63, 3.8) is 0 Å². The fourth-order valence-corrected chi connectivity index (χ4v) is 6.48. The number of hydrogen-bond acceptors (Lipinski definition) is 15. The molecule has 0 spiro atoms. The molecule has 14 N–H and O–H groups in total. The first-order chi connectivity index (χ1) is 31.0. The number of carbonyl (C=O) groups is 10. The molecule has 0 fully saturated rings. The largest absolute Gasteiger partial charge is 0.508 e. The van der Waals surface area contributed by atoms with Crippen LogP contribution in [0.15, 0.2) is 48.5 Å². The van der Waals surface area contributed by atoms with E-state index in [1.807, 2.05) is 0 Å². The van der Waals surface area contributed by atoms with Crippen molar-refractivity contribution in [3.8, 4) is 11.5 Å². The maximum absolute atomic E-state index is 13.4. The van der Waals surface area contributed by atoms with Crippen LogP contribution in [0.1, 0.15) is 50.7 Å². The zero-order chi connectivity index (χ0) is 49.7. The van der Waals surface area contributed by atoms with Crippen molar-refractivity contribution >= 4 is 84.5 Å². The Balaban J connectivity index is 2.12. The molecule has 0 unspecified atom stereocenters. The topological polar surface area (TPSA) is 382 Å². The van der Waals surface area contributed by atoms with Gasteiger partial charge in [-0.2, -0.15) is 25.3 Å². The molecule has 23 nitrogen and oxygen atoms in total. The van der Waals surface area contributed by atoms with Crippen molar-refractivity contribution in [1.29, 1.82) is 0 Å². The fraction of sp³-hybridized carbons (Fsp3) is 0.463. The van der Waals surface area contributed by atoms with Crippen LogP contribution in [0.5, 0.6) is 11.5 Å². The van der Waals surface area contributed by atoms with E-state index in [9.17, 15) is 73.5 Å². The minimum Gasteiger partial charge on any atom is -0.508 e.